The summed E-state index contributed by atoms with van der Waals surface area (Å²) in [6, 6.07) is 16.4. The van der Waals surface area contributed by atoms with E-state index in [0.717, 1.165) is 5.56 Å². The lowest BCUT2D eigenvalue weighted by Gasteiger charge is -2.26. The third-order valence-electron chi connectivity index (χ3n) is 5.52. The van der Waals surface area contributed by atoms with Gasteiger partial charge in [0, 0.05) is 11.3 Å². The van der Waals surface area contributed by atoms with E-state index >= 15 is 0 Å². The fourth-order valence-electron chi connectivity index (χ4n) is 4.00. The van der Waals surface area contributed by atoms with Gasteiger partial charge in [-0.05, 0) is 61.4 Å². The molecular formula is C26H21ClFNO4. The Hall–Kier alpha value is -3.64. The Morgan fingerprint density at radius 1 is 1.09 bits per heavy atom. The summed E-state index contributed by atoms with van der Waals surface area (Å²) in [5, 5.41) is 11.5. The van der Waals surface area contributed by atoms with Crippen molar-refractivity contribution in [1.82, 2.24) is 0 Å². The van der Waals surface area contributed by atoms with Crippen molar-refractivity contribution in [3.05, 3.63) is 99.8 Å². The Balaban J connectivity index is 1.98. The van der Waals surface area contributed by atoms with Crippen LogP contribution in [0.5, 0.6) is 5.75 Å². The number of amides is 1. The second-order valence-corrected chi connectivity index (χ2v) is 7.99. The van der Waals surface area contributed by atoms with E-state index in [1.807, 2.05) is 26.0 Å². The average Bonchev–Trinajstić information content (AvgIpc) is 3.05. The van der Waals surface area contributed by atoms with Crippen LogP contribution in [0.1, 0.15) is 29.7 Å². The minimum atomic E-state index is -0.972. The van der Waals surface area contributed by atoms with Crippen LogP contribution in [-0.4, -0.2) is 23.4 Å². The van der Waals surface area contributed by atoms with Gasteiger partial charge in [0.2, 0.25) is 0 Å². The molecule has 1 atom stereocenters. The third-order valence-corrected chi connectivity index (χ3v) is 5.85. The second-order valence-electron chi connectivity index (χ2n) is 7.58. The Morgan fingerprint density at radius 2 is 1.85 bits per heavy atom. The van der Waals surface area contributed by atoms with Crippen molar-refractivity contribution in [2.75, 3.05) is 11.5 Å². The van der Waals surface area contributed by atoms with Gasteiger partial charge in [0.15, 0.2) is 0 Å². The number of Topliss-reactive ketones (excluding diaryl/α,β-unsaturated/α-hetero) is 1. The highest BCUT2D eigenvalue weighted by atomic mass is 35.5. The van der Waals surface area contributed by atoms with Crippen LogP contribution in [-0.2, 0) is 9.59 Å². The normalized spacial score (nSPS) is 17.5. The molecule has 1 aliphatic heterocycles. The van der Waals surface area contributed by atoms with Crippen LogP contribution < -0.4 is 9.64 Å². The van der Waals surface area contributed by atoms with Gasteiger partial charge in [-0.15, -0.1) is 0 Å². The van der Waals surface area contributed by atoms with Crippen molar-refractivity contribution in [2.45, 2.75) is 19.9 Å². The van der Waals surface area contributed by atoms with Crippen molar-refractivity contribution in [1.29, 1.82) is 0 Å². The number of carbonyl (C=O) groups is 2. The number of aryl methyl sites for hydroxylation is 1. The zero-order valence-corrected chi connectivity index (χ0v) is 18.8. The SMILES string of the molecule is CCOc1ccc(Cl)c(/C(O)=C2\C(=O)C(=O)N(c3cccc(F)c3)C2c2ccccc2C)c1. The summed E-state index contributed by atoms with van der Waals surface area (Å²) in [7, 11) is 0. The summed E-state index contributed by atoms with van der Waals surface area (Å²) in [6.07, 6.45) is 0. The molecule has 0 aliphatic carbocycles. The van der Waals surface area contributed by atoms with Crippen molar-refractivity contribution >= 4 is 34.7 Å². The number of aliphatic hydroxyl groups is 1. The van der Waals surface area contributed by atoms with Crippen LogP contribution in [0.15, 0.2) is 72.3 Å². The first-order valence-electron chi connectivity index (χ1n) is 10.4. The van der Waals surface area contributed by atoms with Gasteiger partial charge >= 0.3 is 0 Å². The van der Waals surface area contributed by atoms with Gasteiger partial charge in [-0.2, -0.15) is 0 Å². The van der Waals surface area contributed by atoms with E-state index in [2.05, 4.69) is 0 Å². The molecule has 1 aliphatic rings. The van der Waals surface area contributed by atoms with Crippen LogP contribution in [0.3, 0.4) is 0 Å². The second kappa shape index (κ2) is 9.08. The molecule has 3 aromatic carbocycles. The average molecular weight is 466 g/mol. The maximum absolute atomic E-state index is 14.0. The zero-order chi connectivity index (χ0) is 23.7. The Bertz CT molecular complexity index is 1290. The first kappa shape index (κ1) is 22.6. The van der Waals surface area contributed by atoms with Gasteiger partial charge in [-0.3, -0.25) is 14.5 Å². The molecule has 1 saturated heterocycles. The van der Waals surface area contributed by atoms with Gasteiger partial charge in [-0.1, -0.05) is 41.9 Å². The number of rotatable bonds is 5. The van der Waals surface area contributed by atoms with E-state index in [4.69, 9.17) is 16.3 Å². The molecule has 4 rings (SSSR count). The molecule has 0 saturated carbocycles. The maximum atomic E-state index is 14.0. The van der Waals surface area contributed by atoms with E-state index < -0.39 is 29.3 Å². The smallest absolute Gasteiger partial charge is 0.300 e. The molecule has 3 aromatic rings. The molecular weight excluding hydrogens is 445 g/mol. The number of carbonyl (C=O) groups excluding carboxylic acids is 2. The highest BCUT2D eigenvalue weighted by Crippen LogP contribution is 2.44. The van der Waals surface area contributed by atoms with Crippen molar-refractivity contribution in [3.8, 4) is 5.75 Å². The minimum Gasteiger partial charge on any atom is -0.507 e. The summed E-state index contributed by atoms with van der Waals surface area (Å²) >= 11 is 6.34. The minimum absolute atomic E-state index is 0.130. The zero-order valence-electron chi connectivity index (χ0n) is 18.0. The predicted octanol–water partition coefficient (Wildman–Crippen LogP) is 5.81. The summed E-state index contributed by atoms with van der Waals surface area (Å²) in [5.41, 5.74) is 1.66. The topological polar surface area (TPSA) is 66.8 Å². The van der Waals surface area contributed by atoms with E-state index in [1.54, 1.807) is 30.3 Å². The largest absolute Gasteiger partial charge is 0.507 e. The molecule has 1 N–H and O–H groups in total. The lowest BCUT2D eigenvalue weighted by atomic mass is 9.92. The number of nitrogens with zero attached hydrogens (tertiary/aromatic N) is 1. The lowest BCUT2D eigenvalue weighted by Crippen LogP contribution is -2.29. The van der Waals surface area contributed by atoms with Crippen molar-refractivity contribution in [2.24, 2.45) is 0 Å². The van der Waals surface area contributed by atoms with E-state index in [9.17, 15) is 19.1 Å². The van der Waals surface area contributed by atoms with E-state index in [1.165, 1.54) is 29.2 Å². The molecule has 0 radical (unpaired) electrons. The van der Waals surface area contributed by atoms with Crippen LogP contribution in [0, 0.1) is 12.7 Å². The number of ether oxygens (including phenoxy) is 1. The summed E-state index contributed by atoms with van der Waals surface area (Å²) in [5.74, 6) is -2.27. The van der Waals surface area contributed by atoms with Crippen molar-refractivity contribution in [3.63, 3.8) is 0 Å². The molecule has 0 spiro atoms. The summed E-state index contributed by atoms with van der Waals surface area (Å²) < 4.78 is 19.5. The van der Waals surface area contributed by atoms with Gasteiger partial charge < -0.3 is 9.84 Å². The molecule has 1 amide bonds. The highest BCUT2D eigenvalue weighted by Gasteiger charge is 2.47. The molecule has 0 bridgehead atoms. The lowest BCUT2D eigenvalue weighted by molar-refractivity contribution is -0.132. The fourth-order valence-corrected chi connectivity index (χ4v) is 4.21. The molecule has 168 valence electrons. The van der Waals surface area contributed by atoms with Crippen LogP contribution in [0.2, 0.25) is 5.02 Å². The number of halogens is 2. The van der Waals surface area contributed by atoms with E-state index in [-0.39, 0.29) is 21.8 Å². The quantitative estimate of drug-likeness (QED) is 0.293. The number of aliphatic hydroxyl groups excluding tert-OH is 1. The van der Waals surface area contributed by atoms with Gasteiger partial charge in [0.05, 0.1) is 23.2 Å². The van der Waals surface area contributed by atoms with Gasteiger partial charge in [-0.25, -0.2) is 4.39 Å². The number of ketones is 1. The van der Waals surface area contributed by atoms with Crippen LogP contribution in [0.25, 0.3) is 5.76 Å². The monoisotopic (exact) mass is 465 g/mol. The van der Waals surface area contributed by atoms with Crippen LogP contribution >= 0.6 is 11.6 Å². The Labute approximate surface area is 195 Å². The molecule has 7 heteroatoms. The third kappa shape index (κ3) is 4.10. The molecule has 33 heavy (non-hydrogen) atoms. The highest BCUT2D eigenvalue weighted by molar-refractivity contribution is 6.52. The Morgan fingerprint density at radius 3 is 2.55 bits per heavy atom. The number of hydrogen-bond acceptors (Lipinski definition) is 4. The number of anilines is 1. The molecule has 5 nitrogen and oxygen atoms in total. The summed E-state index contributed by atoms with van der Waals surface area (Å²) in [6.45, 7) is 4.05. The number of benzene rings is 3. The van der Waals surface area contributed by atoms with Gasteiger partial charge in [0.25, 0.3) is 11.7 Å². The fraction of sp³-hybridized carbons (Fsp3) is 0.154. The molecule has 0 aromatic heterocycles. The molecule has 1 heterocycles. The van der Waals surface area contributed by atoms with E-state index in [0.29, 0.717) is 17.9 Å². The maximum Gasteiger partial charge on any atom is 0.300 e. The number of hydrogen-bond donors (Lipinski definition) is 1. The Kier molecular flexibility index (Phi) is 6.20. The van der Waals surface area contributed by atoms with Crippen LogP contribution in [0.4, 0.5) is 10.1 Å². The van der Waals surface area contributed by atoms with Crippen molar-refractivity contribution < 1.29 is 23.8 Å². The first-order chi connectivity index (χ1) is 15.8. The molecule has 1 fully saturated rings. The predicted molar refractivity (Wildman–Crippen MR) is 125 cm³/mol. The molecule has 1 unspecified atom stereocenters. The first-order valence-corrected chi connectivity index (χ1v) is 10.8. The summed E-state index contributed by atoms with van der Waals surface area (Å²) in [4.78, 5) is 27.6. The van der Waals surface area contributed by atoms with Gasteiger partial charge in [0.1, 0.15) is 17.3 Å². The standard InChI is InChI=1S/C26H21ClFNO4/c1-3-33-18-11-12-21(27)20(14-18)24(30)22-23(19-10-5-4-7-15(19)2)29(26(32)25(22)31)17-9-6-8-16(28)13-17/h4-14,23,30H,3H2,1-2H3/b24-22+.